The zero-order chi connectivity index (χ0) is 13.2. The molecule has 0 aromatic carbocycles. The molecular weight excluding hydrogens is 224 g/mol. The van der Waals surface area contributed by atoms with Crippen LogP contribution in [0.5, 0.6) is 0 Å². The highest BCUT2D eigenvalue weighted by Crippen LogP contribution is 2.35. The van der Waals surface area contributed by atoms with E-state index >= 15 is 0 Å². The Balaban J connectivity index is 1.87. The average Bonchev–Trinajstić information content (AvgIpc) is 2.39. The number of carbonyl (C=O) groups excluding carboxylic acids is 1. The fraction of sp³-hybridized carbons (Fsp3) is 0.933. The SMILES string of the molecule is CCC1(C)CCN(C(=O)C2CCCC(N)C2)CC1. The van der Waals surface area contributed by atoms with Gasteiger partial charge in [0, 0.05) is 25.0 Å². The van der Waals surface area contributed by atoms with Crippen LogP contribution in [-0.4, -0.2) is 29.9 Å². The number of carbonyl (C=O) groups is 1. The van der Waals surface area contributed by atoms with Gasteiger partial charge in [0.2, 0.25) is 5.91 Å². The third-order valence-corrected chi connectivity index (χ3v) is 5.20. The maximum atomic E-state index is 12.5. The Labute approximate surface area is 111 Å². The Morgan fingerprint density at radius 3 is 2.56 bits per heavy atom. The molecule has 3 heteroatoms. The molecule has 0 radical (unpaired) electrons. The van der Waals surface area contributed by atoms with E-state index < -0.39 is 0 Å². The summed E-state index contributed by atoms with van der Waals surface area (Å²) in [6.07, 6.45) is 7.72. The second kappa shape index (κ2) is 5.60. The van der Waals surface area contributed by atoms with Crippen LogP contribution in [0.3, 0.4) is 0 Å². The van der Waals surface area contributed by atoms with Gasteiger partial charge in [-0.05, 0) is 37.5 Å². The van der Waals surface area contributed by atoms with E-state index in [0.29, 0.717) is 11.3 Å². The van der Waals surface area contributed by atoms with E-state index in [9.17, 15) is 4.79 Å². The Morgan fingerprint density at radius 2 is 2.00 bits per heavy atom. The van der Waals surface area contributed by atoms with Crippen LogP contribution in [0.2, 0.25) is 0 Å². The Hall–Kier alpha value is -0.570. The first-order valence-corrected chi connectivity index (χ1v) is 7.58. The highest BCUT2D eigenvalue weighted by Gasteiger charge is 2.34. The van der Waals surface area contributed by atoms with E-state index in [-0.39, 0.29) is 12.0 Å². The van der Waals surface area contributed by atoms with Crippen molar-refractivity contribution >= 4 is 5.91 Å². The van der Waals surface area contributed by atoms with Crippen molar-refractivity contribution in [2.45, 2.75) is 64.8 Å². The Kier molecular flexibility index (Phi) is 4.31. The van der Waals surface area contributed by atoms with Crippen LogP contribution < -0.4 is 5.73 Å². The summed E-state index contributed by atoms with van der Waals surface area (Å²) >= 11 is 0. The molecule has 2 fully saturated rings. The molecule has 1 amide bonds. The topological polar surface area (TPSA) is 46.3 Å². The molecule has 0 spiro atoms. The Morgan fingerprint density at radius 1 is 1.33 bits per heavy atom. The van der Waals surface area contributed by atoms with Gasteiger partial charge in [0.1, 0.15) is 0 Å². The normalized spacial score (nSPS) is 32.3. The number of amides is 1. The van der Waals surface area contributed by atoms with E-state index in [1.807, 2.05) is 0 Å². The van der Waals surface area contributed by atoms with Crippen molar-refractivity contribution in [3.05, 3.63) is 0 Å². The molecule has 1 heterocycles. The lowest BCUT2D eigenvalue weighted by Crippen LogP contribution is -2.46. The second-order valence-corrected chi connectivity index (χ2v) is 6.61. The summed E-state index contributed by atoms with van der Waals surface area (Å²) in [7, 11) is 0. The van der Waals surface area contributed by atoms with Crippen LogP contribution in [0.4, 0.5) is 0 Å². The molecule has 18 heavy (non-hydrogen) atoms. The number of rotatable bonds is 2. The summed E-state index contributed by atoms with van der Waals surface area (Å²) in [5.74, 6) is 0.586. The van der Waals surface area contributed by atoms with Gasteiger partial charge >= 0.3 is 0 Å². The van der Waals surface area contributed by atoms with E-state index in [4.69, 9.17) is 5.73 Å². The number of piperidine rings is 1. The summed E-state index contributed by atoms with van der Waals surface area (Å²) in [6, 6.07) is 0.249. The van der Waals surface area contributed by atoms with Crippen LogP contribution in [0.1, 0.15) is 58.8 Å². The van der Waals surface area contributed by atoms with Gasteiger partial charge in [-0.2, -0.15) is 0 Å². The monoisotopic (exact) mass is 252 g/mol. The summed E-state index contributed by atoms with van der Waals surface area (Å²) in [5.41, 5.74) is 6.44. The van der Waals surface area contributed by atoms with Crippen molar-refractivity contribution in [1.82, 2.24) is 4.90 Å². The number of nitrogens with two attached hydrogens (primary N) is 1. The molecule has 2 rings (SSSR count). The minimum Gasteiger partial charge on any atom is -0.342 e. The molecule has 2 atom stereocenters. The molecule has 0 bridgehead atoms. The van der Waals surface area contributed by atoms with E-state index in [1.54, 1.807) is 0 Å². The van der Waals surface area contributed by atoms with Gasteiger partial charge in [0.15, 0.2) is 0 Å². The molecule has 1 aliphatic carbocycles. The molecule has 0 aromatic rings. The van der Waals surface area contributed by atoms with Crippen molar-refractivity contribution in [3.8, 4) is 0 Å². The van der Waals surface area contributed by atoms with E-state index in [0.717, 1.165) is 51.6 Å². The second-order valence-electron chi connectivity index (χ2n) is 6.61. The lowest BCUT2D eigenvalue weighted by atomic mass is 9.77. The van der Waals surface area contributed by atoms with Gasteiger partial charge in [-0.1, -0.05) is 26.7 Å². The molecule has 1 aliphatic heterocycles. The van der Waals surface area contributed by atoms with Crippen molar-refractivity contribution in [2.24, 2.45) is 17.1 Å². The maximum absolute atomic E-state index is 12.5. The quantitative estimate of drug-likeness (QED) is 0.821. The van der Waals surface area contributed by atoms with E-state index in [2.05, 4.69) is 18.7 Å². The molecule has 2 N–H and O–H groups in total. The zero-order valence-electron chi connectivity index (χ0n) is 12.0. The highest BCUT2D eigenvalue weighted by molar-refractivity contribution is 5.79. The molecule has 2 aliphatic rings. The molecule has 1 saturated carbocycles. The lowest BCUT2D eigenvalue weighted by Gasteiger charge is -2.41. The van der Waals surface area contributed by atoms with Crippen LogP contribution in [0.25, 0.3) is 0 Å². The standard InChI is InChI=1S/C15H28N2O/c1-3-15(2)7-9-17(10-8-15)14(18)12-5-4-6-13(16)11-12/h12-13H,3-11,16H2,1-2H3. The fourth-order valence-corrected chi connectivity index (χ4v) is 3.33. The maximum Gasteiger partial charge on any atom is 0.225 e. The zero-order valence-corrected chi connectivity index (χ0v) is 12.0. The van der Waals surface area contributed by atoms with E-state index in [1.165, 1.54) is 6.42 Å². The lowest BCUT2D eigenvalue weighted by molar-refractivity contribution is -0.139. The molecular formula is C15H28N2O. The van der Waals surface area contributed by atoms with Crippen molar-refractivity contribution < 1.29 is 4.79 Å². The third-order valence-electron chi connectivity index (χ3n) is 5.20. The van der Waals surface area contributed by atoms with Gasteiger partial charge in [-0.15, -0.1) is 0 Å². The first-order chi connectivity index (χ1) is 8.54. The largest absolute Gasteiger partial charge is 0.342 e. The molecule has 1 saturated heterocycles. The molecule has 0 aromatic heterocycles. The number of likely N-dealkylation sites (tertiary alicyclic amines) is 1. The summed E-state index contributed by atoms with van der Waals surface area (Å²) in [6.45, 7) is 6.52. The summed E-state index contributed by atoms with van der Waals surface area (Å²) < 4.78 is 0. The summed E-state index contributed by atoms with van der Waals surface area (Å²) in [5, 5.41) is 0. The summed E-state index contributed by atoms with van der Waals surface area (Å²) in [4.78, 5) is 14.6. The first kappa shape index (κ1) is 13.9. The number of nitrogens with zero attached hydrogens (tertiary/aromatic N) is 1. The van der Waals surface area contributed by atoms with Gasteiger partial charge in [-0.25, -0.2) is 0 Å². The van der Waals surface area contributed by atoms with Gasteiger partial charge < -0.3 is 10.6 Å². The highest BCUT2D eigenvalue weighted by atomic mass is 16.2. The Bertz CT molecular complexity index is 295. The third kappa shape index (κ3) is 3.05. The van der Waals surface area contributed by atoms with Gasteiger partial charge in [0.05, 0.1) is 0 Å². The minimum atomic E-state index is 0.208. The van der Waals surface area contributed by atoms with Crippen molar-refractivity contribution in [1.29, 1.82) is 0 Å². The van der Waals surface area contributed by atoms with Crippen LogP contribution in [-0.2, 0) is 4.79 Å². The molecule has 2 unspecified atom stereocenters. The number of hydrogen-bond donors (Lipinski definition) is 1. The van der Waals surface area contributed by atoms with Gasteiger partial charge in [-0.3, -0.25) is 4.79 Å². The number of hydrogen-bond acceptors (Lipinski definition) is 2. The predicted octanol–water partition coefficient (Wildman–Crippen LogP) is 2.54. The predicted molar refractivity (Wildman–Crippen MR) is 74.1 cm³/mol. The minimum absolute atomic E-state index is 0.208. The van der Waals surface area contributed by atoms with Crippen molar-refractivity contribution in [3.63, 3.8) is 0 Å². The smallest absolute Gasteiger partial charge is 0.225 e. The van der Waals surface area contributed by atoms with Crippen LogP contribution in [0, 0.1) is 11.3 Å². The van der Waals surface area contributed by atoms with Crippen LogP contribution >= 0.6 is 0 Å². The molecule has 104 valence electrons. The van der Waals surface area contributed by atoms with Crippen molar-refractivity contribution in [2.75, 3.05) is 13.1 Å². The average molecular weight is 252 g/mol. The van der Waals surface area contributed by atoms with Gasteiger partial charge in [0.25, 0.3) is 0 Å². The first-order valence-electron chi connectivity index (χ1n) is 7.58. The van der Waals surface area contributed by atoms with Crippen LogP contribution in [0.15, 0.2) is 0 Å². The fourth-order valence-electron chi connectivity index (χ4n) is 3.33. The molecule has 3 nitrogen and oxygen atoms in total.